The minimum atomic E-state index is 0.0402. The molecule has 0 fully saturated rings. The summed E-state index contributed by atoms with van der Waals surface area (Å²) in [6.07, 6.45) is 8.42. The Bertz CT molecular complexity index is 1310. The molecule has 4 heteroatoms. The number of nitrogens with one attached hydrogen (secondary N) is 3. The third kappa shape index (κ3) is 4.69. The Morgan fingerprint density at radius 1 is 0.622 bits per heavy atom. The van der Waals surface area contributed by atoms with Gasteiger partial charge in [0.1, 0.15) is 0 Å². The van der Waals surface area contributed by atoms with Gasteiger partial charge in [0.05, 0.1) is 17.5 Å². The second-order valence-corrected chi connectivity index (χ2v) is 9.76. The van der Waals surface area contributed by atoms with Gasteiger partial charge in [0.15, 0.2) is 0 Å². The zero-order chi connectivity index (χ0) is 25.8. The smallest absolute Gasteiger partial charge is 0.0759 e. The molecule has 5 rings (SSSR count). The monoisotopic (exact) mass is 490 g/mol. The third-order valence-electron chi connectivity index (χ3n) is 7.77. The summed E-state index contributed by atoms with van der Waals surface area (Å²) in [5.74, 6) is 0.105. The summed E-state index contributed by atoms with van der Waals surface area (Å²) in [6, 6.07) is 23.8. The summed E-state index contributed by atoms with van der Waals surface area (Å²) in [7, 11) is 0. The van der Waals surface area contributed by atoms with Crippen LogP contribution >= 0.6 is 0 Å². The summed E-state index contributed by atoms with van der Waals surface area (Å²) >= 11 is 0. The number of rotatable bonds is 10. The van der Waals surface area contributed by atoms with E-state index >= 15 is 0 Å². The van der Waals surface area contributed by atoms with Crippen molar-refractivity contribution in [2.24, 2.45) is 0 Å². The Hall–Kier alpha value is -3.79. The predicted molar refractivity (Wildman–Crippen MR) is 152 cm³/mol. The van der Waals surface area contributed by atoms with Gasteiger partial charge >= 0.3 is 0 Å². The largest absolute Gasteiger partial charge is 0.364 e. The summed E-state index contributed by atoms with van der Waals surface area (Å²) in [5.41, 5.74) is 12.8. The fourth-order valence-corrected chi connectivity index (χ4v) is 5.93. The highest BCUT2D eigenvalue weighted by Crippen LogP contribution is 2.38. The molecule has 3 aromatic heterocycles. The fraction of sp³-hybridized carbons (Fsp3) is 0.303. The minimum absolute atomic E-state index is 0.0402. The molecule has 0 spiro atoms. The van der Waals surface area contributed by atoms with Gasteiger partial charge in [-0.25, -0.2) is 0 Å². The van der Waals surface area contributed by atoms with Crippen LogP contribution in [0.4, 0.5) is 0 Å². The number of hydrogen-bond acceptors (Lipinski definition) is 1. The average molecular weight is 491 g/mol. The van der Waals surface area contributed by atoms with Crippen molar-refractivity contribution < 1.29 is 0 Å². The van der Waals surface area contributed by atoms with Crippen molar-refractivity contribution in [1.82, 2.24) is 20.2 Å². The first kappa shape index (κ1) is 24.9. The molecule has 2 aromatic carbocycles. The second-order valence-electron chi connectivity index (χ2n) is 9.76. The van der Waals surface area contributed by atoms with Gasteiger partial charge in [0.2, 0.25) is 0 Å². The Morgan fingerprint density at radius 3 is 1.59 bits per heavy atom. The van der Waals surface area contributed by atoms with Crippen molar-refractivity contribution in [2.45, 2.75) is 65.2 Å². The molecule has 0 aliphatic carbocycles. The SMILES string of the molecule is CCc1c[nH]c(C(c2ccccc2)c2cc(C(c3ccccc3)c3[nH]cc(CC)c3CC)[nH]n2)c1CC. The molecule has 3 heterocycles. The fourth-order valence-electron chi connectivity index (χ4n) is 5.93. The molecule has 0 bridgehead atoms. The first-order chi connectivity index (χ1) is 18.2. The standard InChI is InChI=1S/C33H38N4/c1-5-22-20-34-32(26(22)7-3)30(24-15-11-9-12-16-24)28-19-29(37-36-28)31(25-17-13-10-14-18-25)33-27(8-4)23(6-2)21-35-33/h9-21,30-31,34-35H,5-8H2,1-4H3,(H,36,37). The van der Waals surface area contributed by atoms with Gasteiger partial charge in [-0.2, -0.15) is 5.10 Å². The Kier molecular flexibility index (Phi) is 7.45. The van der Waals surface area contributed by atoms with Gasteiger partial charge in [-0.3, -0.25) is 5.10 Å². The van der Waals surface area contributed by atoms with Crippen molar-refractivity contribution in [3.05, 3.63) is 135 Å². The number of aromatic amines is 3. The lowest BCUT2D eigenvalue weighted by Gasteiger charge is -2.18. The topological polar surface area (TPSA) is 60.3 Å². The lowest BCUT2D eigenvalue weighted by molar-refractivity contribution is 0.828. The van der Waals surface area contributed by atoms with Gasteiger partial charge in [0.25, 0.3) is 0 Å². The molecule has 0 aliphatic heterocycles. The molecule has 5 aromatic rings. The molecular formula is C33H38N4. The van der Waals surface area contributed by atoms with Crippen molar-refractivity contribution in [2.75, 3.05) is 0 Å². The molecule has 0 saturated carbocycles. The van der Waals surface area contributed by atoms with Crippen LogP contribution in [0.1, 0.15) is 95.7 Å². The van der Waals surface area contributed by atoms with Crippen molar-refractivity contribution in [1.29, 1.82) is 0 Å². The van der Waals surface area contributed by atoms with E-state index in [0.717, 1.165) is 37.1 Å². The van der Waals surface area contributed by atoms with E-state index in [-0.39, 0.29) is 11.8 Å². The van der Waals surface area contributed by atoms with Gasteiger partial charge in [-0.15, -0.1) is 0 Å². The highest BCUT2D eigenvalue weighted by atomic mass is 15.1. The highest BCUT2D eigenvalue weighted by Gasteiger charge is 2.28. The number of aromatic nitrogens is 4. The number of hydrogen-bond donors (Lipinski definition) is 3. The molecular weight excluding hydrogens is 452 g/mol. The first-order valence-corrected chi connectivity index (χ1v) is 13.7. The van der Waals surface area contributed by atoms with E-state index in [1.54, 1.807) is 0 Å². The van der Waals surface area contributed by atoms with E-state index in [1.807, 2.05) is 0 Å². The minimum Gasteiger partial charge on any atom is -0.364 e. The molecule has 0 amide bonds. The van der Waals surface area contributed by atoms with Crippen LogP contribution in [0.3, 0.4) is 0 Å². The number of H-pyrrole nitrogens is 3. The molecule has 4 nitrogen and oxygen atoms in total. The number of benzene rings is 2. The Labute approximate surface area is 220 Å². The van der Waals surface area contributed by atoms with Crippen LogP contribution < -0.4 is 0 Å². The van der Waals surface area contributed by atoms with Crippen LogP contribution in [0.15, 0.2) is 79.1 Å². The third-order valence-corrected chi connectivity index (χ3v) is 7.77. The molecule has 37 heavy (non-hydrogen) atoms. The number of aryl methyl sites for hydroxylation is 2. The van der Waals surface area contributed by atoms with E-state index in [1.165, 1.54) is 44.8 Å². The summed E-state index contributed by atoms with van der Waals surface area (Å²) in [4.78, 5) is 7.29. The van der Waals surface area contributed by atoms with Crippen LogP contribution in [-0.4, -0.2) is 20.2 Å². The Morgan fingerprint density at radius 2 is 1.11 bits per heavy atom. The van der Waals surface area contributed by atoms with Crippen LogP contribution in [0.25, 0.3) is 0 Å². The highest BCUT2D eigenvalue weighted by molar-refractivity contribution is 5.48. The number of nitrogens with zero attached hydrogens (tertiary/aromatic N) is 1. The zero-order valence-electron chi connectivity index (χ0n) is 22.4. The molecule has 0 radical (unpaired) electrons. The zero-order valence-corrected chi connectivity index (χ0v) is 22.4. The maximum absolute atomic E-state index is 4.98. The summed E-state index contributed by atoms with van der Waals surface area (Å²) < 4.78 is 0. The maximum Gasteiger partial charge on any atom is 0.0759 e. The van der Waals surface area contributed by atoms with Gasteiger partial charge in [-0.1, -0.05) is 88.4 Å². The van der Waals surface area contributed by atoms with E-state index in [4.69, 9.17) is 5.10 Å². The molecule has 190 valence electrons. The molecule has 3 N–H and O–H groups in total. The van der Waals surface area contributed by atoms with E-state index in [9.17, 15) is 0 Å². The predicted octanol–water partition coefficient (Wildman–Crippen LogP) is 7.68. The lowest BCUT2D eigenvalue weighted by atomic mass is 9.86. The first-order valence-electron chi connectivity index (χ1n) is 13.7. The molecule has 0 saturated heterocycles. The quantitative estimate of drug-likeness (QED) is 0.185. The van der Waals surface area contributed by atoms with Gasteiger partial charge < -0.3 is 9.97 Å². The average Bonchev–Trinajstić information content (AvgIpc) is 3.69. The van der Waals surface area contributed by atoms with Crippen molar-refractivity contribution >= 4 is 0 Å². The van der Waals surface area contributed by atoms with Crippen molar-refractivity contribution in [3.8, 4) is 0 Å². The Balaban J connectivity index is 1.66. The molecule has 0 aliphatic rings. The summed E-state index contributed by atoms with van der Waals surface area (Å²) in [5, 5.41) is 8.45. The second kappa shape index (κ2) is 11.1. The van der Waals surface area contributed by atoms with Gasteiger partial charge in [0, 0.05) is 29.5 Å². The normalized spacial score (nSPS) is 13.1. The summed E-state index contributed by atoms with van der Waals surface area (Å²) in [6.45, 7) is 8.96. The van der Waals surface area contributed by atoms with E-state index in [0.29, 0.717) is 0 Å². The maximum atomic E-state index is 4.98. The lowest BCUT2D eigenvalue weighted by Crippen LogP contribution is -2.08. The molecule has 2 unspecified atom stereocenters. The molecule has 2 atom stereocenters. The van der Waals surface area contributed by atoms with E-state index < -0.39 is 0 Å². The van der Waals surface area contributed by atoms with Crippen LogP contribution in [0.2, 0.25) is 0 Å². The van der Waals surface area contributed by atoms with Crippen LogP contribution in [-0.2, 0) is 25.7 Å². The van der Waals surface area contributed by atoms with Crippen molar-refractivity contribution in [3.63, 3.8) is 0 Å². The van der Waals surface area contributed by atoms with Crippen LogP contribution in [0, 0.1) is 0 Å². The van der Waals surface area contributed by atoms with Crippen LogP contribution in [0.5, 0.6) is 0 Å². The van der Waals surface area contributed by atoms with Gasteiger partial charge in [-0.05, 0) is 65.1 Å². The van der Waals surface area contributed by atoms with E-state index in [2.05, 4.69) is 122 Å².